The molecule has 1 aliphatic rings. The van der Waals surface area contributed by atoms with Gasteiger partial charge in [0, 0.05) is 36.7 Å². The van der Waals surface area contributed by atoms with E-state index in [4.69, 9.17) is 4.74 Å². The topological polar surface area (TPSA) is 58.9 Å². The molecular weight excluding hydrogens is 340 g/mol. The van der Waals surface area contributed by atoms with E-state index in [0.29, 0.717) is 12.3 Å². The first kappa shape index (κ1) is 17.7. The van der Waals surface area contributed by atoms with Gasteiger partial charge in [-0.25, -0.2) is 4.98 Å². The van der Waals surface area contributed by atoms with E-state index < -0.39 is 0 Å². The molecular formula is C21H24N4O2. The van der Waals surface area contributed by atoms with Gasteiger partial charge < -0.3 is 10.1 Å². The van der Waals surface area contributed by atoms with Crippen LogP contribution < -0.4 is 10.9 Å². The van der Waals surface area contributed by atoms with E-state index in [0.717, 1.165) is 43.1 Å². The molecule has 3 aromatic rings. The highest BCUT2D eigenvalue weighted by atomic mass is 16.5. The van der Waals surface area contributed by atoms with Crippen LogP contribution in [0.1, 0.15) is 24.3 Å². The molecule has 3 heterocycles. The lowest BCUT2D eigenvalue weighted by Crippen LogP contribution is -2.41. The van der Waals surface area contributed by atoms with Crippen molar-refractivity contribution in [1.29, 1.82) is 0 Å². The van der Waals surface area contributed by atoms with E-state index in [1.165, 1.54) is 6.07 Å². The summed E-state index contributed by atoms with van der Waals surface area (Å²) in [6, 6.07) is 15.8. The number of benzene rings is 1. The van der Waals surface area contributed by atoms with Gasteiger partial charge in [-0.3, -0.25) is 14.1 Å². The summed E-state index contributed by atoms with van der Waals surface area (Å²) in [7, 11) is 0. The SMILES string of the molecule is CCc1cc(C2CN(CNc3ccccc3)CCO2)cc2nccc(=O)n12. The molecule has 2 aromatic heterocycles. The minimum Gasteiger partial charge on any atom is -0.372 e. The van der Waals surface area contributed by atoms with Gasteiger partial charge in [0.1, 0.15) is 5.65 Å². The predicted octanol–water partition coefficient (Wildman–Crippen LogP) is 2.70. The molecule has 4 rings (SSSR count). The lowest BCUT2D eigenvalue weighted by atomic mass is 10.1. The third kappa shape index (κ3) is 3.86. The number of nitrogens with one attached hydrogen (secondary N) is 1. The maximum Gasteiger partial charge on any atom is 0.258 e. The van der Waals surface area contributed by atoms with Crippen molar-refractivity contribution in [2.24, 2.45) is 0 Å². The Labute approximate surface area is 158 Å². The first-order chi connectivity index (χ1) is 13.2. The highest BCUT2D eigenvalue weighted by Gasteiger charge is 2.23. The van der Waals surface area contributed by atoms with Crippen LogP contribution in [0.3, 0.4) is 0 Å². The van der Waals surface area contributed by atoms with Crippen LogP contribution in [0.5, 0.6) is 0 Å². The molecule has 1 N–H and O–H groups in total. The Balaban J connectivity index is 1.53. The fraction of sp³-hybridized carbons (Fsp3) is 0.333. The fourth-order valence-electron chi connectivity index (χ4n) is 3.51. The number of fused-ring (bicyclic) bond motifs is 1. The quantitative estimate of drug-likeness (QED) is 0.754. The summed E-state index contributed by atoms with van der Waals surface area (Å²) < 4.78 is 7.72. The maximum atomic E-state index is 12.2. The standard InChI is InChI=1S/C21H24N4O2/c1-2-18-12-16(13-20-22-9-8-21(26)25(18)20)19-14-24(10-11-27-19)15-23-17-6-4-3-5-7-17/h3-9,12-13,19,23H,2,10-11,14-15H2,1H3. The first-order valence-corrected chi connectivity index (χ1v) is 9.38. The van der Waals surface area contributed by atoms with Crippen LogP contribution in [0.4, 0.5) is 5.69 Å². The highest BCUT2D eigenvalue weighted by Crippen LogP contribution is 2.24. The normalized spacial score (nSPS) is 17.9. The zero-order valence-corrected chi connectivity index (χ0v) is 15.5. The number of aryl methyl sites for hydroxylation is 1. The Kier molecular flexibility index (Phi) is 5.18. The van der Waals surface area contributed by atoms with Gasteiger partial charge in [0.2, 0.25) is 0 Å². The Hall–Kier alpha value is -2.70. The van der Waals surface area contributed by atoms with Crippen molar-refractivity contribution in [1.82, 2.24) is 14.3 Å². The lowest BCUT2D eigenvalue weighted by molar-refractivity contribution is -0.0274. The minimum absolute atomic E-state index is 0.0243. The number of aromatic nitrogens is 2. The van der Waals surface area contributed by atoms with Gasteiger partial charge in [-0.15, -0.1) is 0 Å². The molecule has 0 saturated carbocycles. The third-order valence-corrected chi connectivity index (χ3v) is 4.95. The molecule has 1 saturated heterocycles. The van der Waals surface area contributed by atoms with Gasteiger partial charge in [0.05, 0.1) is 19.4 Å². The molecule has 1 aliphatic heterocycles. The van der Waals surface area contributed by atoms with Crippen LogP contribution in [0.15, 0.2) is 59.5 Å². The summed E-state index contributed by atoms with van der Waals surface area (Å²) in [5, 5.41) is 3.46. The van der Waals surface area contributed by atoms with Crippen molar-refractivity contribution in [3.05, 3.63) is 76.3 Å². The zero-order chi connectivity index (χ0) is 18.6. The second-order valence-electron chi connectivity index (χ2n) is 6.75. The fourth-order valence-corrected chi connectivity index (χ4v) is 3.51. The van der Waals surface area contributed by atoms with Crippen LogP contribution in [-0.2, 0) is 11.2 Å². The van der Waals surface area contributed by atoms with Crippen LogP contribution >= 0.6 is 0 Å². The maximum absolute atomic E-state index is 12.2. The molecule has 1 atom stereocenters. The smallest absolute Gasteiger partial charge is 0.258 e. The van der Waals surface area contributed by atoms with Crippen molar-refractivity contribution in [2.45, 2.75) is 19.4 Å². The molecule has 0 spiro atoms. The molecule has 0 bridgehead atoms. The predicted molar refractivity (Wildman–Crippen MR) is 106 cm³/mol. The number of pyridine rings is 1. The Morgan fingerprint density at radius 1 is 1.22 bits per heavy atom. The zero-order valence-electron chi connectivity index (χ0n) is 15.5. The van der Waals surface area contributed by atoms with E-state index in [1.807, 2.05) is 24.3 Å². The molecule has 140 valence electrons. The number of para-hydroxylation sites is 1. The number of rotatable bonds is 5. The molecule has 6 heteroatoms. The molecule has 0 amide bonds. The van der Waals surface area contributed by atoms with Crippen LogP contribution in [0, 0.1) is 0 Å². The van der Waals surface area contributed by atoms with Crippen molar-refractivity contribution in [3.8, 4) is 0 Å². The number of anilines is 1. The molecule has 27 heavy (non-hydrogen) atoms. The van der Waals surface area contributed by atoms with Crippen molar-refractivity contribution >= 4 is 11.3 Å². The summed E-state index contributed by atoms with van der Waals surface area (Å²) in [5.41, 5.74) is 3.79. The first-order valence-electron chi connectivity index (χ1n) is 9.38. The molecule has 1 aromatic carbocycles. The van der Waals surface area contributed by atoms with Crippen molar-refractivity contribution in [3.63, 3.8) is 0 Å². The van der Waals surface area contributed by atoms with Gasteiger partial charge in [0.15, 0.2) is 0 Å². The number of nitrogens with zero attached hydrogens (tertiary/aromatic N) is 3. The highest BCUT2D eigenvalue weighted by molar-refractivity contribution is 5.44. The van der Waals surface area contributed by atoms with Gasteiger partial charge in [-0.05, 0) is 36.2 Å². The van der Waals surface area contributed by atoms with Gasteiger partial charge in [0.25, 0.3) is 5.56 Å². The summed E-state index contributed by atoms with van der Waals surface area (Å²) >= 11 is 0. The van der Waals surface area contributed by atoms with E-state index in [9.17, 15) is 4.79 Å². The van der Waals surface area contributed by atoms with Crippen LogP contribution in [0.25, 0.3) is 5.65 Å². The van der Waals surface area contributed by atoms with Gasteiger partial charge in [-0.2, -0.15) is 0 Å². The number of ether oxygens (including phenoxy) is 1. The summed E-state index contributed by atoms with van der Waals surface area (Å²) in [4.78, 5) is 18.9. The average molecular weight is 364 g/mol. The second-order valence-corrected chi connectivity index (χ2v) is 6.75. The van der Waals surface area contributed by atoms with Gasteiger partial charge >= 0.3 is 0 Å². The van der Waals surface area contributed by atoms with Crippen molar-refractivity contribution in [2.75, 3.05) is 31.7 Å². The second kappa shape index (κ2) is 7.90. The van der Waals surface area contributed by atoms with Gasteiger partial charge in [-0.1, -0.05) is 25.1 Å². The summed E-state index contributed by atoms with van der Waals surface area (Å²) in [6.45, 7) is 5.20. The molecule has 1 unspecified atom stereocenters. The number of morpholine rings is 1. The van der Waals surface area contributed by atoms with E-state index >= 15 is 0 Å². The molecule has 0 aliphatic carbocycles. The average Bonchev–Trinajstić information content (AvgIpc) is 2.72. The lowest BCUT2D eigenvalue weighted by Gasteiger charge is -2.33. The summed E-state index contributed by atoms with van der Waals surface area (Å²) in [6.07, 6.45) is 2.31. The Bertz CT molecular complexity index is 971. The number of hydrogen-bond donors (Lipinski definition) is 1. The monoisotopic (exact) mass is 364 g/mol. The number of hydrogen-bond acceptors (Lipinski definition) is 5. The van der Waals surface area contributed by atoms with E-state index in [-0.39, 0.29) is 11.7 Å². The summed E-state index contributed by atoms with van der Waals surface area (Å²) in [5.74, 6) is 0. The minimum atomic E-state index is -0.0401. The Morgan fingerprint density at radius 3 is 2.89 bits per heavy atom. The third-order valence-electron chi connectivity index (χ3n) is 4.95. The molecule has 0 radical (unpaired) electrons. The largest absolute Gasteiger partial charge is 0.372 e. The van der Waals surface area contributed by atoms with Crippen LogP contribution in [-0.4, -0.2) is 40.6 Å². The molecule has 1 fully saturated rings. The Morgan fingerprint density at radius 2 is 2.07 bits per heavy atom. The van der Waals surface area contributed by atoms with E-state index in [1.54, 1.807) is 10.6 Å². The van der Waals surface area contributed by atoms with E-state index in [2.05, 4.69) is 40.3 Å². The molecule has 6 nitrogen and oxygen atoms in total. The van der Waals surface area contributed by atoms with Crippen molar-refractivity contribution < 1.29 is 4.74 Å². The van der Waals surface area contributed by atoms with Crippen LogP contribution in [0.2, 0.25) is 0 Å².